The number of piperidine rings is 1. The highest BCUT2D eigenvalue weighted by molar-refractivity contribution is 5.88. The molecule has 2 aliphatic rings. The fourth-order valence-corrected chi connectivity index (χ4v) is 6.61. The highest BCUT2D eigenvalue weighted by atomic mass is 19.1. The molecule has 0 saturated carbocycles. The van der Waals surface area contributed by atoms with Gasteiger partial charge in [-0.1, -0.05) is 24.3 Å². The Balaban J connectivity index is 1.52. The second-order valence-electron chi connectivity index (χ2n) is 14.1. The zero-order valence-electron chi connectivity index (χ0n) is 28.5. The third-order valence-electron chi connectivity index (χ3n) is 8.92. The summed E-state index contributed by atoms with van der Waals surface area (Å²) in [7, 11) is 0. The molecular weight excluding hydrogens is 583 g/mol. The van der Waals surface area contributed by atoms with Gasteiger partial charge >= 0.3 is 5.97 Å². The Hall–Kier alpha value is -3.49. The van der Waals surface area contributed by atoms with Crippen LogP contribution in [0.3, 0.4) is 0 Å². The van der Waals surface area contributed by atoms with E-state index in [0.717, 1.165) is 90.6 Å². The molecule has 3 aromatic rings. The number of benzene rings is 2. The van der Waals surface area contributed by atoms with Crippen LogP contribution in [0.5, 0.6) is 5.75 Å². The van der Waals surface area contributed by atoms with E-state index in [-0.39, 0.29) is 17.3 Å². The molecule has 0 unspecified atom stereocenters. The van der Waals surface area contributed by atoms with E-state index in [0.29, 0.717) is 13.0 Å². The first-order valence-corrected chi connectivity index (χ1v) is 16.5. The van der Waals surface area contributed by atoms with Gasteiger partial charge in [0.1, 0.15) is 11.6 Å². The molecule has 7 nitrogen and oxygen atoms in total. The summed E-state index contributed by atoms with van der Waals surface area (Å²) in [6, 6.07) is 14.6. The molecule has 1 spiro atoms. The highest BCUT2D eigenvalue weighted by Gasteiger charge is 2.41. The zero-order chi connectivity index (χ0) is 33.1. The SMILES string of the molecule is Cc1nc(C)c([C@H](OC(C)(C)C)C(=O)OC(C)C)c(N2CCC3(CCOC3)CC2)c1-c1ccc(OCCc2ccc(F)cc2)cc1. The van der Waals surface area contributed by atoms with Gasteiger partial charge < -0.3 is 23.8 Å². The van der Waals surface area contributed by atoms with Crippen LogP contribution in [0.15, 0.2) is 48.5 Å². The summed E-state index contributed by atoms with van der Waals surface area (Å²) < 4.78 is 37.5. The molecule has 0 bridgehead atoms. The molecule has 0 N–H and O–H groups in total. The molecule has 46 heavy (non-hydrogen) atoms. The Kier molecular flexibility index (Phi) is 10.4. The molecule has 0 amide bonds. The number of pyridine rings is 1. The van der Waals surface area contributed by atoms with Crippen molar-refractivity contribution >= 4 is 11.7 Å². The van der Waals surface area contributed by atoms with Crippen LogP contribution in [-0.4, -0.2) is 55.6 Å². The van der Waals surface area contributed by atoms with Gasteiger partial charge in [-0.05, 0) is 109 Å². The predicted octanol–water partition coefficient (Wildman–Crippen LogP) is 7.94. The van der Waals surface area contributed by atoms with Crippen molar-refractivity contribution in [2.45, 2.75) is 92.0 Å². The molecule has 5 rings (SSSR count). The lowest BCUT2D eigenvalue weighted by molar-refractivity contribution is -0.171. The van der Waals surface area contributed by atoms with Gasteiger partial charge in [-0.25, -0.2) is 9.18 Å². The second-order valence-corrected chi connectivity index (χ2v) is 14.1. The van der Waals surface area contributed by atoms with Crippen molar-refractivity contribution in [1.29, 1.82) is 0 Å². The van der Waals surface area contributed by atoms with Gasteiger partial charge in [-0.2, -0.15) is 0 Å². The molecule has 3 heterocycles. The molecule has 0 radical (unpaired) electrons. The van der Waals surface area contributed by atoms with Crippen molar-refractivity contribution in [2.24, 2.45) is 5.41 Å². The molecule has 0 aliphatic carbocycles. The number of halogens is 1. The van der Waals surface area contributed by atoms with Gasteiger partial charge in [0.15, 0.2) is 6.10 Å². The summed E-state index contributed by atoms with van der Waals surface area (Å²) in [6.07, 6.45) is 2.59. The average molecular weight is 633 g/mol. The largest absolute Gasteiger partial charge is 0.493 e. The number of carbonyl (C=O) groups is 1. The fourth-order valence-electron chi connectivity index (χ4n) is 6.61. The lowest BCUT2D eigenvalue weighted by atomic mass is 9.77. The van der Waals surface area contributed by atoms with E-state index in [4.69, 9.17) is 23.9 Å². The summed E-state index contributed by atoms with van der Waals surface area (Å²) in [4.78, 5) is 21.2. The Bertz CT molecular complexity index is 1480. The molecule has 2 fully saturated rings. The number of nitrogens with zero attached hydrogens (tertiary/aromatic N) is 2. The Morgan fingerprint density at radius 2 is 1.67 bits per heavy atom. The monoisotopic (exact) mass is 632 g/mol. The first-order chi connectivity index (χ1) is 21.8. The van der Waals surface area contributed by atoms with Crippen LogP contribution in [0.2, 0.25) is 0 Å². The first kappa shape index (κ1) is 33.9. The van der Waals surface area contributed by atoms with Crippen LogP contribution in [0.1, 0.15) is 82.5 Å². The van der Waals surface area contributed by atoms with Crippen LogP contribution in [0, 0.1) is 25.1 Å². The van der Waals surface area contributed by atoms with Crippen molar-refractivity contribution in [2.75, 3.05) is 37.8 Å². The van der Waals surface area contributed by atoms with Crippen LogP contribution >= 0.6 is 0 Å². The van der Waals surface area contributed by atoms with Crippen LogP contribution < -0.4 is 9.64 Å². The topological polar surface area (TPSA) is 70.1 Å². The standard InChI is InChI=1S/C38H49FN2O5/c1-25(2)45-36(42)35(46-37(5,6)7)33-27(4)40-26(3)32(34(33)41-20-17-38(18-21-41)19-23-43-24-38)29-10-14-31(15-11-29)44-22-16-28-8-12-30(39)13-9-28/h8-15,25,35H,16-24H2,1-7H3/t35-/m0/s1. The van der Waals surface area contributed by atoms with E-state index < -0.39 is 17.7 Å². The molecule has 1 atom stereocenters. The fraction of sp³-hybridized carbons (Fsp3) is 0.526. The molecule has 2 aromatic carbocycles. The van der Waals surface area contributed by atoms with Crippen molar-refractivity contribution in [3.63, 3.8) is 0 Å². The smallest absolute Gasteiger partial charge is 0.340 e. The third-order valence-corrected chi connectivity index (χ3v) is 8.92. The van der Waals surface area contributed by atoms with Gasteiger partial charge in [0.2, 0.25) is 0 Å². The van der Waals surface area contributed by atoms with Gasteiger partial charge in [0, 0.05) is 48.6 Å². The average Bonchev–Trinajstić information content (AvgIpc) is 3.45. The van der Waals surface area contributed by atoms with Gasteiger partial charge in [-0.3, -0.25) is 4.98 Å². The van der Waals surface area contributed by atoms with Gasteiger partial charge in [0.25, 0.3) is 0 Å². The third kappa shape index (κ3) is 8.07. The van der Waals surface area contributed by atoms with E-state index in [2.05, 4.69) is 17.0 Å². The summed E-state index contributed by atoms with van der Waals surface area (Å²) in [5.74, 6) is 0.0998. The first-order valence-electron chi connectivity index (χ1n) is 16.5. The quantitative estimate of drug-likeness (QED) is 0.210. The van der Waals surface area contributed by atoms with Crippen molar-refractivity contribution < 1.29 is 28.1 Å². The van der Waals surface area contributed by atoms with Crippen LogP contribution in [0.4, 0.5) is 10.1 Å². The maximum Gasteiger partial charge on any atom is 0.340 e. The predicted molar refractivity (Wildman–Crippen MR) is 179 cm³/mol. The molecule has 2 saturated heterocycles. The number of esters is 1. The number of aryl methyl sites for hydroxylation is 2. The number of hydrogen-bond acceptors (Lipinski definition) is 7. The Morgan fingerprint density at radius 3 is 2.26 bits per heavy atom. The van der Waals surface area contributed by atoms with Crippen LogP contribution in [0.25, 0.3) is 11.1 Å². The molecular formula is C38H49FN2O5. The Labute approximate surface area is 273 Å². The number of anilines is 1. The minimum Gasteiger partial charge on any atom is -0.493 e. The maximum atomic E-state index is 13.8. The van der Waals surface area contributed by atoms with E-state index >= 15 is 0 Å². The number of hydrogen-bond donors (Lipinski definition) is 0. The van der Waals surface area contributed by atoms with E-state index in [1.165, 1.54) is 12.1 Å². The van der Waals surface area contributed by atoms with Gasteiger partial charge in [0.05, 0.1) is 30.6 Å². The van der Waals surface area contributed by atoms with E-state index in [1.54, 1.807) is 12.1 Å². The minimum absolute atomic E-state index is 0.221. The molecule has 1 aromatic heterocycles. The summed E-state index contributed by atoms with van der Waals surface area (Å²) >= 11 is 0. The number of rotatable bonds is 10. The lowest BCUT2D eigenvalue weighted by Crippen LogP contribution is -2.42. The maximum absolute atomic E-state index is 13.8. The summed E-state index contributed by atoms with van der Waals surface area (Å²) in [5, 5.41) is 0. The highest BCUT2D eigenvalue weighted by Crippen LogP contribution is 2.47. The molecule has 8 heteroatoms. The van der Waals surface area contributed by atoms with Crippen molar-refractivity contribution in [1.82, 2.24) is 4.98 Å². The minimum atomic E-state index is -0.941. The number of aromatic nitrogens is 1. The summed E-state index contributed by atoms with van der Waals surface area (Å²) in [6.45, 7) is 17.4. The van der Waals surface area contributed by atoms with Crippen LogP contribution in [-0.2, 0) is 25.4 Å². The lowest BCUT2D eigenvalue weighted by Gasteiger charge is -2.42. The number of ether oxygens (including phenoxy) is 4. The van der Waals surface area contributed by atoms with Crippen molar-refractivity contribution in [3.8, 4) is 16.9 Å². The Morgan fingerprint density at radius 1 is 1.00 bits per heavy atom. The molecule has 2 aliphatic heterocycles. The van der Waals surface area contributed by atoms with Gasteiger partial charge in [-0.15, -0.1) is 0 Å². The normalized spacial score (nSPS) is 17.0. The van der Waals surface area contributed by atoms with E-state index in [1.807, 2.05) is 60.6 Å². The zero-order valence-corrected chi connectivity index (χ0v) is 28.5. The second kappa shape index (κ2) is 14.1. The van der Waals surface area contributed by atoms with Crippen molar-refractivity contribution in [3.05, 3.63) is 76.9 Å². The number of carbonyl (C=O) groups excluding carboxylic acids is 1. The molecule has 248 valence electrons. The van der Waals surface area contributed by atoms with E-state index in [9.17, 15) is 9.18 Å². The summed E-state index contributed by atoms with van der Waals surface area (Å²) in [5.41, 5.74) is 6.01.